The average molecular weight is 260 g/mol. The lowest BCUT2D eigenvalue weighted by Gasteiger charge is -2.23. The first-order valence-electron chi connectivity index (χ1n) is 6.42. The van der Waals surface area contributed by atoms with Crippen LogP contribution in [0.5, 0.6) is 0 Å². The maximum atomic E-state index is 11.9. The monoisotopic (exact) mass is 260 g/mol. The van der Waals surface area contributed by atoms with Gasteiger partial charge in [0.15, 0.2) is 12.1 Å². The summed E-state index contributed by atoms with van der Waals surface area (Å²) in [7, 11) is 0. The Labute approximate surface area is 110 Å². The number of amides is 1. The van der Waals surface area contributed by atoms with Gasteiger partial charge in [-0.15, -0.1) is 0 Å². The maximum Gasteiger partial charge on any atom is 0.273 e. The summed E-state index contributed by atoms with van der Waals surface area (Å²) >= 11 is 0. The molecule has 0 saturated carbocycles. The molecule has 3 heterocycles. The van der Waals surface area contributed by atoms with Crippen LogP contribution in [0.4, 0.5) is 0 Å². The molecule has 0 aromatic carbocycles. The highest BCUT2D eigenvalue weighted by atomic mass is 16.3. The van der Waals surface area contributed by atoms with E-state index in [4.69, 9.17) is 4.42 Å². The van der Waals surface area contributed by atoms with Gasteiger partial charge in [-0.05, 0) is 19.3 Å². The third kappa shape index (κ3) is 2.38. The third-order valence-corrected chi connectivity index (χ3v) is 3.56. The van der Waals surface area contributed by atoms with Gasteiger partial charge in [0.2, 0.25) is 0 Å². The number of nitrogens with one attached hydrogen (secondary N) is 1. The molecule has 2 aromatic rings. The van der Waals surface area contributed by atoms with Crippen LogP contribution in [0.3, 0.4) is 0 Å². The number of hydrogen-bond donors (Lipinski definition) is 1. The van der Waals surface area contributed by atoms with Crippen LogP contribution in [0.25, 0.3) is 0 Å². The van der Waals surface area contributed by atoms with Gasteiger partial charge in [-0.1, -0.05) is 0 Å². The van der Waals surface area contributed by atoms with E-state index in [9.17, 15) is 4.79 Å². The lowest BCUT2D eigenvalue weighted by atomic mass is 9.98. The van der Waals surface area contributed by atoms with Crippen LogP contribution in [-0.4, -0.2) is 27.0 Å². The summed E-state index contributed by atoms with van der Waals surface area (Å²) in [5, 5.41) is 2.92. The number of imidazole rings is 1. The molecule has 1 atom stereocenters. The number of rotatable bonds is 3. The standard InChI is InChI=1S/C13H16N4O2/c1-9-12(16-8-19-9)13(18)15-7-10-2-4-17-5-3-14-11(17)6-10/h3,5,8,10H,2,4,6-7H2,1H3,(H,15,18)/t10-/m0/s1. The molecule has 1 amide bonds. The third-order valence-electron chi connectivity index (χ3n) is 3.56. The normalized spacial score (nSPS) is 18.1. The Morgan fingerprint density at radius 3 is 3.26 bits per heavy atom. The largest absolute Gasteiger partial charge is 0.448 e. The molecule has 1 N–H and O–H groups in total. The minimum Gasteiger partial charge on any atom is -0.448 e. The maximum absolute atomic E-state index is 11.9. The molecule has 0 aliphatic carbocycles. The topological polar surface area (TPSA) is 73.0 Å². The smallest absolute Gasteiger partial charge is 0.273 e. The van der Waals surface area contributed by atoms with E-state index in [1.54, 1.807) is 6.92 Å². The lowest BCUT2D eigenvalue weighted by molar-refractivity contribution is 0.0938. The van der Waals surface area contributed by atoms with Crippen LogP contribution in [0.15, 0.2) is 23.2 Å². The van der Waals surface area contributed by atoms with Crippen molar-refractivity contribution in [3.63, 3.8) is 0 Å². The van der Waals surface area contributed by atoms with Crippen molar-refractivity contribution < 1.29 is 9.21 Å². The molecule has 1 aliphatic rings. The highest BCUT2D eigenvalue weighted by Gasteiger charge is 2.21. The van der Waals surface area contributed by atoms with Crippen LogP contribution >= 0.6 is 0 Å². The van der Waals surface area contributed by atoms with Gasteiger partial charge in [0.1, 0.15) is 11.6 Å². The zero-order valence-electron chi connectivity index (χ0n) is 10.8. The van der Waals surface area contributed by atoms with Crippen molar-refractivity contribution in [3.8, 4) is 0 Å². The molecule has 0 fully saturated rings. The SMILES string of the molecule is Cc1ocnc1C(=O)NC[C@H]1CCn2ccnc2C1. The number of hydrogen-bond acceptors (Lipinski definition) is 4. The first-order chi connectivity index (χ1) is 9.24. The van der Waals surface area contributed by atoms with Crippen molar-refractivity contribution in [2.75, 3.05) is 6.54 Å². The molecule has 6 heteroatoms. The van der Waals surface area contributed by atoms with Crippen molar-refractivity contribution >= 4 is 5.91 Å². The molecule has 0 bridgehead atoms. The van der Waals surface area contributed by atoms with E-state index < -0.39 is 0 Å². The highest BCUT2D eigenvalue weighted by Crippen LogP contribution is 2.18. The summed E-state index contributed by atoms with van der Waals surface area (Å²) in [6.45, 7) is 3.36. The Morgan fingerprint density at radius 2 is 2.47 bits per heavy atom. The zero-order valence-corrected chi connectivity index (χ0v) is 10.8. The van der Waals surface area contributed by atoms with E-state index in [1.165, 1.54) is 6.39 Å². The van der Waals surface area contributed by atoms with Crippen LogP contribution in [0, 0.1) is 12.8 Å². The molecule has 2 aromatic heterocycles. The Bertz CT molecular complexity index is 587. The Balaban J connectivity index is 1.56. The Morgan fingerprint density at radius 1 is 1.58 bits per heavy atom. The molecule has 1 aliphatic heterocycles. The van der Waals surface area contributed by atoms with E-state index in [-0.39, 0.29) is 5.91 Å². The van der Waals surface area contributed by atoms with E-state index >= 15 is 0 Å². The first-order valence-corrected chi connectivity index (χ1v) is 6.42. The Hall–Kier alpha value is -2.11. The van der Waals surface area contributed by atoms with Crippen molar-refractivity contribution in [3.05, 3.63) is 36.1 Å². The van der Waals surface area contributed by atoms with Gasteiger partial charge in [-0.2, -0.15) is 0 Å². The molecule has 100 valence electrons. The second-order valence-corrected chi connectivity index (χ2v) is 4.86. The van der Waals surface area contributed by atoms with Gasteiger partial charge in [-0.25, -0.2) is 9.97 Å². The summed E-state index contributed by atoms with van der Waals surface area (Å²) in [5.41, 5.74) is 0.373. The summed E-state index contributed by atoms with van der Waals surface area (Å²) in [6.07, 6.45) is 7.09. The molecule has 0 unspecified atom stereocenters. The van der Waals surface area contributed by atoms with Crippen molar-refractivity contribution in [1.82, 2.24) is 19.9 Å². The summed E-state index contributed by atoms with van der Waals surface area (Å²) < 4.78 is 7.20. The van der Waals surface area contributed by atoms with Crippen molar-refractivity contribution in [1.29, 1.82) is 0 Å². The quantitative estimate of drug-likeness (QED) is 0.899. The fraction of sp³-hybridized carbons (Fsp3) is 0.462. The van der Waals surface area contributed by atoms with Gasteiger partial charge in [-0.3, -0.25) is 4.79 Å². The van der Waals surface area contributed by atoms with Gasteiger partial charge >= 0.3 is 0 Å². The van der Waals surface area contributed by atoms with Crippen LogP contribution in [0.2, 0.25) is 0 Å². The van der Waals surface area contributed by atoms with Crippen molar-refractivity contribution in [2.45, 2.75) is 26.3 Å². The van der Waals surface area contributed by atoms with Gasteiger partial charge in [0.25, 0.3) is 5.91 Å². The van der Waals surface area contributed by atoms with Gasteiger partial charge in [0, 0.05) is 31.9 Å². The number of nitrogens with zero attached hydrogens (tertiary/aromatic N) is 3. The summed E-state index contributed by atoms with van der Waals surface area (Å²) in [4.78, 5) is 20.1. The zero-order chi connectivity index (χ0) is 13.2. The fourth-order valence-corrected chi connectivity index (χ4v) is 2.43. The molecular weight excluding hydrogens is 244 g/mol. The van der Waals surface area contributed by atoms with E-state index in [1.807, 2.05) is 12.4 Å². The van der Waals surface area contributed by atoms with Crippen molar-refractivity contribution in [2.24, 2.45) is 5.92 Å². The molecule has 3 rings (SSSR count). The number of carbonyl (C=O) groups excluding carboxylic acids is 1. The Kier molecular flexibility index (Phi) is 3.06. The van der Waals surface area contributed by atoms with Gasteiger partial charge in [0.05, 0.1) is 0 Å². The second-order valence-electron chi connectivity index (χ2n) is 4.86. The highest BCUT2D eigenvalue weighted by molar-refractivity contribution is 5.92. The minimum absolute atomic E-state index is 0.167. The lowest BCUT2D eigenvalue weighted by Crippen LogP contribution is -2.33. The summed E-state index contributed by atoms with van der Waals surface area (Å²) in [6, 6.07) is 0. The minimum atomic E-state index is -0.167. The van der Waals surface area contributed by atoms with E-state index in [0.717, 1.165) is 25.2 Å². The van der Waals surface area contributed by atoms with E-state index in [0.29, 0.717) is 23.9 Å². The summed E-state index contributed by atoms with van der Waals surface area (Å²) in [5.74, 6) is 1.92. The average Bonchev–Trinajstić information content (AvgIpc) is 3.03. The fourth-order valence-electron chi connectivity index (χ4n) is 2.43. The number of fused-ring (bicyclic) bond motifs is 1. The van der Waals surface area contributed by atoms with Gasteiger partial charge < -0.3 is 14.3 Å². The number of carbonyl (C=O) groups is 1. The second kappa shape index (κ2) is 4.87. The number of oxazole rings is 1. The van der Waals surface area contributed by atoms with Crippen LogP contribution in [-0.2, 0) is 13.0 Å². The predicted octanol–water partition coefficient (Wildman–Crippen LogP) is 1.17. The van der Waals surface area contributed by atoms with Crippen LogP contribution in [0.1, 0.15) is 28.5 Å². The number of aromatic nitrogens is 3. The molecule has 0 saturated heterocycles. The molecule has 19 heavy (non-hydrogen) atoms. The predicted molar refractivity (Wildman–Crippen MR) is 67.6 cm³/mol. The molecule has 0 radical (unpaired) electrons. The molecule has 6 nitrogen and oxygen atoms in total. The first kappa shape index (κ1) is 12.0. The van der Waals surface area contributed by atoms with Crippen LogP contribution < -0.4 is 5.32 Å². The molecule has 0 spiro atoms. The molecular formula is C13H16N4O2. The number of aryl methyl sites for hydroxylation is 2. The van der Waals surface area contributed by atoms with E-state index in [2.05, 4.69) is 19.9 Å².